The molecule has 6 nitrogen and oxygen atoms in total. The lowest BCUT2D eigenvalue weighted by Crippen LogP contribution is -2.24. The van der Waals surface area contributed by atoms with Crippen LogP contribution in [0.5, 0.6) is 5.75 Å². The van der Waals surface area contributed by atoms with Crippen LogP contribution in [0.2, 0.25) is 0 Å². The smallest absolute Gasteiger partial charge is 0.249 e. The van der Waals surface area contributed by atoms with Gasteiger partial charge in [0.15, 0.2) is 0 Å². The van der Waals surface area contributed by atoms with Gasteiger partial charge in [-0.25, -0.2) is 5.43 Å². The molecular weight excluding hydrogens is 446 g/mol. The maximum Gasteiger partial charge on any atom is 0.249 e. The Morgan fingerprint density at radius 2 is 1.60 bits per heavy atom. The van der Waals surface area contributed by atoms with Gasteiger partial charge in [-0.15, -0.1) is 0 Å². The average molecular weight is 466 g/mol. The number of ether oxygens (including phenoxy) is 1. The van der Waals surface area contributed by atoms with Crippen LogP contribution in [0.1, 0.15) is 17.5 Å². The topological polar surface area (TPSA) is 79.8 Å². The number of nitrogens with zero attached hydrogens (tertiary/aromatic N) is 1. The summed E-state index contributed by atoms with van der Waals surface area (Å²) in [7, 11) is 0. The molecule has 0 saturated carbocycles. The minimum atomic E-state index is -0.507. The number of benzene rings is 3. The van der Waals surface area contributed by atoms with E-state index in [0.717, 1.165) is 10.0 Å². The highest BCUT2D eigenvalue weighted by Gasteiger charge is 2.09. The van der Waals surface area contributed by atoms with Gasteiger partial charge >= 0.3 is 0 Å². The molecule has 3 rings (SSSR count). The summed E-state index contributed by atoms with van der Waals surface area (Å²) in [6.07, 6.45) is 1.16. The molecule has 0 heterocycles. The molecule has 3 aromatic rings. The van der Waals surface area contributed by atoms with Gasteiger partial charge in [-0.2, -0.15) is 5.10 Å². The standard InChI is InChI=1S/C23H20BrN3O3/c24-19-12-10-17(11-13-19)16-30-21-9-5-4-6-18(21)15-25-27-23(29)14-22(28)26-20-7-2-1-3-8-20/h1-13,15H,14,16H2,(H,26,28)(H,27,29). The van der Waals surface area contributed by atoms with Crippen molar-refractivity contribution in [3.05, 3.63) is 94.5 Å². The number of nitrogens with one attached hydrogen (secondary N) is 2. The van der Waals surface area contributed by atoms with Crippen LogP contribution >= 0.6 is 15.9 Å². The number of para-hydroxylation sites is 2. The quantitative estimate of drug-likeness (QED) is 0.291. The second-order valence-electron chi connectivity index (χ2n) is 6.34. The number of hydrazone groups is 1. The Bertz CT molecular complexity index is 1020. The fourth-order valence-corrected chi connectivity index (χ4v) is 2.81. The van der Waals surface area contributed by atoms with Crippen molar-refractivity contribution in [1.29, 1.82) is 0 Å². The lowest BCUT2D eigenvalue weighted by Gasteiger charge is -2.09. The third kappa shape index (κ3) is 6.86. The van der Waals surface area contributed by atoms with Crippen LogP contribution < -0.4 is 15.5 Å². The number of hydrogen-bond acceptors (Lipinski definition) is 4. The van der Waals surface area contributed by atoms with Crippen molar-refractivity contribution in [3.8, 4) is 5.75 Å². The van der Waals surface area contributed by atoms with Crippen molar-refractivity contribution in [2.75, 3.05) is 5.32 Å². The Balaban J connectivity index is 1.51. The van der Waals surface area contributed by atoms with Crippen LogP contribution in [0.15, 0.2) is 88.4 Å². The van der Waals surface area contributed by atoms with E-state index in [2.05, 4.69) is 31.8 Å². The summed E-state index contributed by atoms with van der Waals surface area (Å²) in [5.74, 6) is -0.277. The number of carbonyl (C=O) groups excluding carboxylic acids is 2. The van der Waals surface area contributed by atoms with Crippen molar-refractivity contribution < 1.29 is 14.3 Å². The highest BCUT2D eigenvalue weighted by atomic mass is 79.9. The van der Waals surface area contributed by atoms with Gasteiger partial charge in [0, 0.05) is 15.7 Å². The number of amides is 2. The molecule has 0 aliphatic carbocycles. The Labute approximate surface area is 183 Å². The second kappa shape index (κ2) is 10.9. The first-order chi connectivity index (χ1) is 14.6. The lowest BCUT2D eigenvalue weighted by atomic mass is 10.2. The maximum absolute atomic E-state index is 11.9. The zero-order valence-corrected chi connectivity index (χ0v) is 17.6. The molecule has 0 fully saturated rings. The summed E-state index contributed by atoms with van der Waals surface area (Å²) < 4.78 is 6.87. The van der Waals surface area contributed by atoms with Gasteiger partial charge in [-0.3, -0.25) is 9.59 Å². The minimum absolute atomic E-state index is 0.325. The van der Waals surface area contributed by atoms with E-state index >= 15 is 0 Å². The fourth-order valence-electron chi connectivity index (χ4n) is 2.55. The minimum Gasteiger partial charge on any atom is -0.488 e. The van der Waals surface area contributed by atoms with Crippen LogP contribution in [0, 0.1) is 0 Å². The zero-order valence-electron chi connectivity index (χ0n) is 16.0. The first-order valence-electron chi connectivity index (χ1n) is 9.23. The number of halogens is 1. The Morgan fingerprint density at radius 3 is 2.37 bits per heavy atom. The number of anilines is 1. The monoisotopic (exact) mass is 465 g/mol. The molecule has 2 N–H and O–H groups in total. The largest absolute Gasteiger partial charge is 0.488 e. The molecule has 3 aromatic carbocycles. The summed E-state index contributed by atoms with van der Waals surface area (Å²) in [5, 5.41) is 6.59. The predicted molar refractivity (Wildman–Crippen MR) is 120 cm³/mol. The van der Waals surface area contributed by atoms with Gasteiger partial charge in [0.1, 0.15) is 18.8 Å². The van der Waals surface area contributed by atoms with Gasteiger partial charge in [0.2, 0.25) is 11.8 Å². The van der Waals surface area contributed by atoms with E-state index in [0.29, 0.717) is 23.6 Å². The highest BCUT2D eigenvalue weighted by molar-refractivity contribution is 9.10. The van der Waals surface area contributed by atoms with Crippen molar-refractivity contribution in [1.82, 2.24) is 5.43 Å². The van der Waals surface area contributed by atoms with Crippen LogP contribution in [-0.2, 0) is 16.2 Å². The molecule has 30 heavy (non-hydrogen) atoms. The summed E-state index contributed by atoms with van der Waals surface area (Å²) in [6, 6.07) is 24.2. The van der Waals surface area contributed by atoms with Crippen LogP contribution in [0.25, 0.3) is 0 Å². The van der Waals surface area contributed by atoms with E-state index in [4.69, 9.17) is 4.74 Å². The van der Waals surface area contributed by atoms with Crippen LogP contribution in [0.3, 0.4) is 0 Å². The van der Waals surface area contributed by atoms with Gasteiger partial charge < -0.3 is 10.1 Å². The SMILES string of the molecule is O=C(CC(=O)Nc1ccccc1)NN=Cc1ccccc1OCc1ccc(Br)cc1. The molecule has 0 atom stereocenters. The molecule has 0 aliphatic heterocycles. The molecule has 0 bridgehead atoms. The molecule has 152 valence electrons. The first-order valence-corrected chi connectivity index (χ1v) is 10.0. The third-order valence-corrected chi connectivity index (χ3v) is 4.53. The second-order valence-corrected chi connectivity index (χ2v) is 7.25. The summed E-state index contributed by atoms with van der Waals surface area (Å²) in [6.45, 7) is 0.407. The molecule has 0 radical (unpaired) electrons. The normalized spacial score (nSPS) is 10.6. The van der Waals surface area contributed by atoms with E-state index in [1.165, 1.54) is 6.21 Å². The Morgan fingerprint density at radius 1 is 0.900 bits per heavy atom. The third-order valence-electron chi connectivity index (χ3n) is 4.00. The average Bonchev–Trinajstić information content (AvgIpc) is 2.75. The first kappa shape index (κ1) is 21.3. The molecule has 0 unspecified atom stereocenters. The van der Waals surface area contributed by atoms with E-state index < -0.39 is 11.8 Å². The number of hydrogen-bond donors (Lipinski definition) is 2. The van der Waals surface area contributed by atoms with E-state index in [1.54, 1.807) is 24.3 Å². The van der Waals surface area contributed by atoms with Crippen molar-refractivity contribution in [3.63, 3.8) is 0 Å². The van der Waals surface area contributed by atoms with Gasteiger partial charge in [0.25, 0.3) is 0 Å². The van der Waals surface area contributed by atoms with E-state index in [-0.39, 0.29) is 6.42 Å². The predicted octanol–water partition coefficient (Wildman–Crippen LogP) is 4.51. The van der Waals surface area contributed by atoms with Crippen LogP contribution in [-0.4, -0.2) is 18.0 Å². The summed E-state index contributed by atoms with van der Waals surface area (Å²) in [4.78, 5) is 23.8. The lowest BCUT2D eigenvalue weighted by molar-refractivity contribution is -0.126. The number of rotatable bonds is 8. The summed E-state index contributed by atoms with van der Waals surface area (Å²) in [5.41, 5.74) is 4.74. The molecule has 2 amide bonds. The van der Waals surface area contributed by atoms with Gasteiger partial charge in [-0.1, -0.05) is 58.4 Å². The molecule has 7 heteroatoms. The summed E-state index contributed by atoms with van der Waals surface area (Å²) >= 11 is 3.41. The fraction of sp³-hybridized carbons (Fsp3) is 0.0870. The molecule has 0 saturated heterocycles. The van der Waals surface area contributed by atoms with Crippen LogP contribution in [0.4, 0.5) is 5.69 Å². The van der Waals surface area contributed by atoms with E-state index in [9.17, 15) is 9.59 Å². The maximum atomic E-state index is 11.9. The molecular formula is C23H20BrN3O3. The van der Waals surface area contributed by atoms with Crippen molar-refractivity contribution in [2.45, 2.75) is 13.0 Å². The Hall–Kier alpha value is -3.45. The molecule has 0 aromatic heterocycles. The number of carbonyl (C=O) groups is 2. The molecule has 0 aliphatic rings. The van der Waals surface area contributed by atoms with E-state index in [1.807, 2.05) is 54.6 Å². The Kier molecular flexibility index (Phi) is 7.74. The van der Waals surface area contributed by atoms with Crippen molar-refractivity contribution >= 4 is 39.6 Å². The van der Waals surface area contributed by atoms with Gasteiger partial charge in [-0.05, 0) is 42.0 Å². The zero-order chi connectivity index (χ0) is 21.2. The highest BCUT2D eigenvalue weighted by Crippen LogP contribution is 2.18. The van der Waals surface area contributed by atoms with Crippen molar-refractivity contribution in [2.24, 2.45) is 5.10 Å². The van der Waals surface area contributed by atoms with Gasteiger partial charge in [0.05, 0.1) is 6.21 Å². The molecule has 0 spiro atoms.